The van der Waals surface area contributed by atoms with Crippen molar-refractivity contribution in [1.29, 1.82) is 0 Å². The van der Waals surface area contributed by atoms with Crippen LogP contribution >= 0.6 is 35.0 Å². The van der Waals surface area contributed by atoms with Gasteiger partial charge in [-0.25, -0.2) is 0 Å². The molecule has 0 amide bonds. The molecule has 0 bridgehead atoms. The second-order valence-electron chi connectivity index (χ2n) is 4.03. The molecule has 0 unspecified atom stereocenters. The van der Waals surface area contributed by atoms with Gasteiger partial charge in [0.25, 0.3) is 0 Å². The van der Waals surface area contributed by atoms with Crippen LogP contribution in [0.25, 0.3) is 0 Å². The summed E-state index contributed by atoms with van der Waals surface area (Å²) in [7, 11) is 0. The third kappa shape index (κ3) is 4.27. The van der Waals surface area contributed by atoms with Gasteiger partial charge in [-0.15, -0.1) is 11.8 Å². The first-order chi connectivity index (χ1) is 9.16. The van der Waals surface area contributed by atoms with E-state index in [2.05, 4.69) is 0 Å². The molecule has 98 valence electrons. The van der Waals surface area contributed by atoms with Gasteiger partial charge < -0.3 is 0 Å². The van der Waals surface area contributed by atoms with Crippen LogP contribution in [0.4, 0.5) is 0 Å². The van der Waals surface area contributed by atoms with Crippen molar-refractivity contribution < 1.29 is 4.79 Å². The highest BCUT2D eigenvalue weighted by Crippen LogP contribution is 2.23. The summed E-state index contributed by atoms with van der Waals surface area (Å²) in [6, 6.07) is 15.0. The molecule has 0 atom stereocenters. The van der Waals surface area contributed by atoms with Crippen molar-refractivity contribution in [2.75, 3.05) is 5.75 Å². The zero-order valence-electron chi connectivity index (χ0n) is 10.1. The molecule has 0 N–H and O–H groups in total. The number of thioether (sulfide) groups is 1. The van der Waals surface area contributed by atoms with Crippen LogP contribution in [0.15, 0.2) is 48.5 Å². The molecule has 0 fully saturated rings. The molecule has 1 nitrogen and oxygen atoms in total. The molecule has 2 aromatic carbocycles. The Morgan fingerprint density at radius 3 is 2.47 bits per heavy atom. The van der Waals surface area contributed by atoms with Crippen molar-refractivity contribution in [2.24, 2.45) is 0 Å². The predicted molar refractivity (Wildman–Crippen MR) is 83.4 cm³/mol. The number of benzene rings is 2. The lowest BCUT2D eigenvalue weighted by molar-refractivity contribution is 0.102. The molecule has 0 saturated heterocycles. The fourth-order valence-corrected chi connectivity index (χ4v) is 3.01. The van der Waals surface area contributed by atoms with E-state index in [1.807, 2.05) is 30.3 Å². The van der Waals surface area contributed by atoms with Crippen molar-refractivity contribution >= 4 is 40.7 Å². The van der Waals surface area contributed by atoms with Crippen LogP contribution in [0, 0.1) is 0 Å². The maximum absolute atomic E-state index is 12.0. The maximum Gasteiger partial charge on any atom is 0.174 e. The molecule has 19 heavy (non-hydrogen) atoms. The van der Waals surface area contributed by atoms with E-state index in [0.29, 0.717) is 21.4 Å². The largest absolute Gasteiger partial charge is 0.293 e. The van der Waals surface area contributed by atoms with Crippen LogP contribution < -0.4 is 0 Å². The summed E-state index contributed by atoms with van der Waals surface area (Å²) in [5.74, 6) is 1.26. The smallest absolute Gasteiger partial charge is 0.174 e. The highest BCUT2D eigenvalue weighted by molar-refractivity contribution is 7.99. The average molecular weight is 311 g/mol. The van der Waals surface area contributed by atoms with Crippen LogP contribution in [0.1, 0.15) is 15.9 Å². The minimum atomic E-state index is 0.0302. The molecular formula is C15H12Cl2OS. The van der Waals surface area contributed by atoms with Gasteiger partial charge in [-0.3, -0.25) is 4.79 Å². The molecule has 0 heterocycles. The van der Waals surface area contributed by atoms with Gasteiger partial charge in [0, 0.05) is 16.3 Å². The summed E-state index contributed by atoms with van der Waals surface area (Å²) in [4.78, 5) is 12.0. The first-order valence-corrected chi connectivity index (χ1v) is 7.68. The number of halogens is 2. The van der Waals surface area contributed by atoms with E-state index >= 15 is 0 Å². The quantitative estimate of drug-likeness (QED) is 0.714. The van der Waals surface area contributed by atoms with E-state index in [1.165, 1.54) is 5.56 Å². The fraction of sp³-hybridized carbons (Fsp3) is 0.133. The molecule has 0 aliphatic rings. The molecule has 0 aliphatic carbocycles. The molecule has 0 saturated carbocycles. The maximum atomic E-state index is 12.0. The van der Waals surface area contributed by atoms with Crippen molar-refractivity contribution in [1.82, 2.24) is 0 Å². The summed E-state index contributed by atoms with van der Waals surface area (Å²) >= 11 is 13.4. The highest BCUT2D eigenvalue weighted by atomic mass is 35.5. The van der Waals surface area contributed by atoms with E-state index in [4.69, 9.17) is 23.2 Å². The summed E-state index contributed by atoms with van der Waals surface area (Å²) in [6.45, 7) is 0. The number of hydrogen-bond acceptors (Lipinski definition) is 2. The van der Waals surface area contributed by atoms with Crippen LogP contribution in [-0.4, -0.2) is 11.5 Å². The van der Waals surface area contributed by atoms with Crippen molar-refractivity contribution in [3.63, 3.8) is 0 Å². The Balaban J connectivity index is 1.91. The van der Waals surface area contributed by atoms with Gasteiger partial charge in [-0.05, 0) is 23.8 Å². The lowest BCUT2D eigenvalue weighted by Gasteiger charge is -2.04. The number of carbonyl (C=O) groups excluding carboxylic acids is 1. The third-order valence-corrected chi connectivity index (χ3v) is 4.13. The average Bonchev–Trinajstić information content (AvgIpc) is 2.39. The normalized spacial score (nSPS) is 10.4. The van der Waals surface area contributed by atoms with E-state index in [1.54, 1.807) is 30.0 Å². The van der Waals surface area contributed by atoms with E-state index in [-0.39, 0.29) is 5.78 Å². The molecule has 0 aliphatic heterocycles. The third-order valence-electron chi connectivity index (χ3n) is 2.58. The lowest BCUT2D eigenvalue weighted by atomic mass is 10.1. The van der Waals surface area contributed by atoms with Crippen LogP contribution in [0.2, 0.25) is 10.0 Å². The minimum absolute atomic E-state index is 0.0302. The van der Waals surface area contributed by atoms with Crippen molar-refractivity contribution in [3.05, 3.63) is 69.7 Å². The Kier molecular flexibility index (Phi) is 5.32. The number of carbonyl (C=O) groups is 1. The van der Waals surface area contributed by atoms with Gasteiger partial charge in [0.15, 0.2) is 5.78 Å². The second kappa shape index (κ2) is 6.99. The van der Waals surface area contributed by atoms with E-state index in [9.17, 15) is 4.79 Å². The Hall–Kier alpha value is -0.960. The van der Waals surface area contributed by atoms with E-state index in [0.717, 1.165) is 5.75 Å². The van der Waals surface area contributed by atoms with E-state index < -0.39 is 0 Å². The zero-order chi connectivity index (χ0) is 13.7. The monoisotopic (exact) mass is 310 g/mol. The number of ketones is 1. The van der Waals surface area contributed by atoms with Gasteiger partial charge >= 0.3 is 0 Å². The molecule has 0 spiro atoms. The van der Waals surface area contributed by atoms with Crippen molar-refractivity contribution in [2.45, 2.75) is 5.75 Å². The lowest BCUT2D eigenvalue weighted by Crippen LogP contribution is -2.03. The Morgan fingerprint density at radius 1 is 1.05 bits per heavy atom. The minimum Gasteiger partial charge on any atom is -0.293 e. The van der Waals surface area contributed by atoms with Gasteiger partial charge in [-0.1, -0.05) is 53.5 Å². The molecule has 0 aromatic heterocycles. The van der Waals surface area contributed by atoms with Crippen LogP contribution in [-0.2, 0) is 5.75 Å². The first-order valence-electron chi connectivity index (χ1n) is 5.77. The summed E-state index contributed by atoms with van der Waals surface area (Å²) in [5.41, 5.74) is 1.74. The van der Waals surface area contributed by atoms with Gasteiger partial charge in [-0.2, -0.15) is 0 Å². The molecular weight excluding hydrogens is 299 g/mol. The summed E-state index contributed by atoms with van der Waals surface area (Å²) in [6.07, 6.45) is 0. The predicted octanol–water partition coefficient (Wildman–Crippen LogP) is 5.11. The molecule has 4 heteroatoms. The Bertz CT molecular complexity index is 570. The van der Waals surface area contributed by atoms with Gasteiger partial charge in [0.2, 0.25) is 0 Å². The summed E-state index contributed by atoms with van der Waals surface area (Å²) in [5, 5.41) is 0.955. The topological polar surface area (TPSA) is 17.1 Å². The Morgan fingerprint density at radius 2 is 1.79 bits per heavy atom. The number of hydrogen-bond donors (Lipinski definition) is 0. The Labute approximate surface area is 126 Å². The summed E-state index contributed by atoms with van der Waals surface area (Å²) < 4.78 is 0. The first kappa shape index (κ1) is 14.4. The molecule has 0 radical (unpaired) electrons. The second-order valence-corrected chi connectivity index (χ2v) is 5.85. The van der Waals surface area contributed by atoms with Gasteiger partial charge in [0.1, 0.15) is 0 Å². The number of Topliss-reactive ketones (excluding diaryl/α,β-unsaturated/α-hetero) is 1. The molecule has 2 aromatic rings. The molecule has 2 rings (SSSR count). The van der Waals surface area contributed by atoms with Crippen molar-refractivity contribution in [3.8, 4) is 0 Å². The van der Waals surface area contributed by atoms with Crippen LogP contribution in [0.3, 0.4) is 0 Å². The highest BCUT2D eigenvalue weighted by Gasteiger charge is 2.10. The number of rotatable bonds is 5. The SMILES string of the molecule is O=C(CSCc1ccccc1)c1ccc(Cl)cc1Cl. The van der Waals surface area contributed by atoms with Gasteiger partial charge in [0.05, 0.1) is 10.8 Å². The van der Waals surface area contributed by atoms with Crippen LogP contribution in [0.5, 0.6) is 0 Å². The fourth-order valence-electron chi connectivity index (χ4n) is 1.63. The standard InChI is InChI=1S/C15H12Cl2OS/c16-12-6-7-13(14(17)8-12)15(18)10-19-9-11-4-2-1-3-5-11/h1-8H,9-10H2. The zero-order valence-corrected chi connectivity index (χ0v) is 12.4.